The number of carbonyl (C=O) groups excluding carboxylic acids is 2. The van der Waals surface area contributed by atoms with E-state index in [2.05, 4.69) is 15.0 Å². The van der Waals surface area contributed by atoms with Crippen LogP contribution in [0.1, 0.15) is 32.2 Å². The summed E-state index contributed by atoms with van der Waals surface area (Å²) in [6.45, 7) is 0. The van der Waals surface area contributed by atoms with E-state index in [1.807, 2.05) is 6.07 Å². The molecule has 0 saturated heterocycles. The molecule has 5 nitrogen and oxygen atoms in total. The number of hydrogen-bond donors (Lipinski definition) is 1. The SMILES string of the molecule is COC(=O)Cc1csc(NC(=O)c2cc3c(s2)CCC3)n1. The van der Waals surface area contributed by atoms with E-state index in [9.17, 15) is 9.59 Å². The number of nitrogens with one attached hydrogen (secondary N) is 1. The van der Waals surface area contributed by atoms with Gasteiger partial charge in [0.25, 0.3) is 5.91 Å². The number of thiazole rings is 1. The van der Waals surface area contributed by atoms with Crippen molar-refractivity contribution in [3.05, 3.63) is 32.5 Å². The molecule has 2 aromatic heterocycles. The van der Waals surface area contributed by atoms with E-state index in [0.29, 0.717) is 10.8 Å². The fraction of sp³-hybridized carbons (Fsp3) is 0.357. The van der Waals surface area contributed by atoms with Gasteiger partial charge in [0, 0.05) is 10.3 Å². The van der Waals surface area contributed by atoms with Crippen molar-refractivity contribution < 1.29 is 14.3 Å². The lowest BCUT2D eigenvalue weighted by molar-refractivity contribution is -0.139. The molecule has 3 rings (SSSR count). The lowest BCUT2D eigenvalue weighted by Crippen LogP contribution is -2.10. The zero-order valence-electron chi connectivity index (χ0n) is 11.5. The highest BCUT2D eigenvalue weighted by Crippen LogP contribution is 2.31. The van der Waals surface area contributed by atoms with Crippen molar-refractivity contribution in [2.24, 2.45) is 0 Å². The van der Waals surface area contributed by atoms with Crippen LogP contribution < -0.4 is 5.32 Å². The summed E-state index contributed by atoms with van der Waals surface area (Å²) in [4.78, 5) is 29.6. The van der Waals surface area contributed by atoms with Crippen molar-refractivity contribution >= 4 is 39.7 Å². The van der Waals surface area contributed by atoms with Crippen LogP contribution in [-0.4, -0.2) is 24.0 Å². The van der Waals surface area contributed by atoms with Gasteiger partial charge in [0.05, 0.1) is 24.1 Å². The number of fused-ring (bicyclic) bond motifs is 1. The quantitative estimate of drug-likeness (QED) is 0.879. The van der Waals surface area contributed by atoms with Gasteiger partial charge < -0.3 is 4.74 Å². The summed E-state index contributed by atoms with van der Waals surface area (Å²) in [5, 5.41) is 5.04. The average Bonchev–Trinajstić information content (AvgIpc) is 3.13. The highest BCUT2D eigenvalue weighted by molar-refractivity contribution is 7.15. The molecular formula is C14H14N2O3S2. The van der Waals surface area contributed by atoms with Crippen LogP contribution in [0.15, 0.2) is 11.4 Å². The van der Waals surface area contributed by atoms with Crippen LogP contribution in [0.5, 0.6) is 0 Å². The van der Waals surface area contributed by atoms with E-state index < -0.39 is 0 Å². The third kappa shape index (κ3) is 3.14. The fourth-order valence-electron chi connectivity index (χ4n) is 2.27. The Kier molecular flexibility index (Phi) is 4.03. The first kappa shape index (κ1) is 14.2. The zero-order valence-corrected chi connectivity index (χ0v) is 13.1. The van der Waals surface area contributed by atoms with E-state index in [0.717, 1.165) is 17.7 Å². The largest absolute Gasteiger partial charge is 0.469 e. The summed E-state index contributed by atoms with van der Waals surface area (Å²) in [5.41, 5.74) is 1.91. The molecule has 0 spiro atoms. The minimum Gasteiger partial charge on any atom is -0.469 e. The van der Waals surface area contributed by atoms with Gasteiger partial charge >= 0.3 is 5.97 Å². The maximum Gasteiger partial charge on any atom is 0.311 e. The molecule has 0 unspecified atom stereocenters. The number of methoxy groups -OCH3 is 1. The minimum absolute atomic E-state index is 0.121. The number of hydrogen-bond acceptors (Lipinski definition) is 6. The van der Waals surface area contributed by atoms with Crippen molar-refractivity contribution in [2.75, 3.05) is 12.4 Å². The molecular weight excluding hydrogens is 308 g/mol. The van der Waals surface area contributed by atoms with E-state index in [1.54, 1.807) is 16.7 Å². The molecule has 0 fully saturated rings. The second kappa shape index (κ2) is 5.95. The standard InChI is InChI=1S/C14H14N2O3S2/c1-19-12(17)6-9-7-20-14(15-9)16-13(18)11-5-8-3-2-4-10(8)21-11/h5,7H,2-4,6H2,1H3,(H,15,16,18). The van der Waals surface area contributed by atoms with Crippen molar-refractivity contribution in [3.8, 4) is 0 Å². The fourth-order valence-corrected chi connectivity index (χ4v) is 4.12. The van der Waals surface area contributed by atoms with Crippen molar-refractivity contribution in [1.29, 1.82) is 0 Å². The van der Waals surface area contributed by atoms with Gasteiger partial charge in [-0.05, 0) is 30.9 Å². The first-order chi connectivity index (χ1) is 10.2. The predicted octanol–water partition coefficient (Wildman–Crippen LogP) is 2.66. The Hall–Kier alpha value is -1.73. The van der Waals surface area contributed by atoms with Crippen LogP contribution in [0.2, 0.25) is 0 Å². The number of aromatic nitrogens is 1. The molecule has 2 heterocycles. The minimum atomic E-state index is -0.340. The molecule has 1 N–H and O–H groups in total. The van der Waals surface area contributed by atoms with Gasteiger partial charge in [-0.1, -0.05) is 0 Å². The third-order valence-electron chi connectivity index (χ3n) is 3.30. The number of thiophene rings is 1. The highest BCUT2D eigenvalue weighted by atomic mass is 32.1. The first-order valence-corrected chi connectivity index (χ1v) is 8.29. The summed E-state index contributed by atoms with van der Waals surface area (Å²) in [6, 6.07) is 1.98. The normalized spacial score (nSPS) is 13.0. The molecule has 0 aromatic carbocycles. The van der Waals surface area contributed by atoms with Gasteiger partial charge in [-0.15, -0.1) is 22.7 Å². The van der Waals surface area contributed by atoms with Gasteiger partial charge in [0.2, 0.25) is 0 Å². The second-order valence-electron chi connectivity index (χ2n) is 4.76. The Balaban J connectivity index is 1.65. The Morgan fingerprint density at radius 3 is 3.05 bits per heavy atom. The topological polar surface area (TPSA) is 68.3 Å². The van der Waals surface area contributed by atoms with Crippen LogP contribution in [0.25, 0.3) is 0 Å². The molecule has 0 bridgehead atoms. The van der Waals surface area contributed by atoms with Gasteiger partial charge in [-0.3, -0.25) is 14.9 Å². The number of rotatable bonds is 4. The van der Waals surface area contributed by atoms with E-state index in [-0.39, 0.29) is 18.3 Å². The van der Waals surface area contributed by atoms with Crippen molar-refractivity contribution in [3.63, 3.8) is 0 Å². The number of aryl methyl sites for hydroxylation is 2. The van der Waals surface area contributed by atoms with Crippen LogP contribution in [0.3, 0.4) is 0 Å². The monoisotopic (exact) mass is 322 g/mol. The Morgan fingerprint density at radius 2 is 2.29 bits per heavy atom. The molecule has 21 heavy (non-hydrogen) atoms. The molecule has 0 saturated carbocycles. The molecule has 0 atom stereocenters. The smallest absolute Gasteiger partial charge is 0.311 e. The lowest BCUT2D eigenvalue weighted by Gasteiger charge is -1.98. The highest BCUT2D eigenvalue weighted by Gasteiger charge is 2.19. The molecule has 1 aliphatic carbocycles. The van der Waals surface area contributed by atoms with E-state index in [1.165, 1.54) is 35.3 Å². The first-order valence-electron chi connectivity index (χ1n) is 6.60. The molecule has 1 amide bonds. The van der Waals surface area contributed by atoms with Crippen molar-refractivity contribution in [1.82, 2.24) is 4.98 Å². The molecule has 2 aromatic rings. The molecule has 110 valence electrons. The van der Waals surface area contributed by atoms with Crippen LogP contribution in [0, 0.1) is 0 Å². The Bertz CT molecular complexity index is 669. The average molecular weight is 322 g/mol. The number of nitrogens with zero attached hydrogens (tertiary/aromatic N) is 1. The van der Waals surface area contributed by atoms with E-state index in [4.69, 9.17) is 0 Å². The summed E-state index contributed by atoms with van der Waals surface area (Å²) in [5.74, 6) is -0.471. The van der Waals surface area contributed by atoms with Crippen LogP contribution >= 0.6 is 22.7 Å². The summed E-state index contributed by atoms with van der Waals surface area (Å²) in [7, 11) is 1.34. The number of carbonyl (C=O) groups is 2. The lowest BCUT2D eigenvalue weighted by atomic mass is 10.2. The number of ether oxygens (including phenoxy) is 1. The maximum absolute atomic E-state index is 12.2. The van der Waals surface area contributed by atoms with Crippen molar-refractivity contribution in [2.45, 2.75) is 25.7 Å². The van der Waals surface area contributed by atoms with Gasteiger partial charge in [-0.2, -0.15) is 0 Å². The van der Waals surface area contributed by atoms with Gasteiger partial charge in [0.15, 0.2) is 5.13 Å². The summed E-state index contributed by atoms with van der Waals surface area (Å²) < 4.78 is 4.59. The van der Waals surface area contributed by atoms with Crippen LogP contribution in [-0.2, 0) is 28.8 Å². The second-order valence-corrected chi connectivity index (χ2v) is 6.76. The number of amides is 1. The number of anilines is 1. The third-order valence-corrected chi connectivity index (χ3v) is 5.34. The number of esters is 1. The van der Waals surface area contributed by atoms with Gasteiger partial charge in [-0.25, -0.2) is 4.98 Å². The molecule has 7 heteroatoms. The van der Waals surface area contributed by atoms with E-state index >= 15 is 0 Å². The van der Waals surface area contributed by atoms with Crippen LogP contribution in [0.4, 0.5) is 5.13 Å². The Morgan fingerprint density at radius 1 is 1.43 bits per heavy atom. The maximum atomic E-state index is 12.2. The predicted molar refractivity (Wildman–Crippen MR) is 82.1 cm³/mol. The van der Waals surface area contributed by atoms with Gasteiger partial charge in [0.1, 0.15) is 0 Å². The zero-order chi connectivity index (χ0) is 14.8. The molecule has 0 aliphatic heterocycles. The summed E-state index contributed by atoms with van der Waals surface area (Å²) >= 11 is 2.87. The molecule has 1 aliphatic rings. The molecule has 0 radical (unpaired) electrons. The Labute approximate surface area is 130 Å². The summed E-state index contributed by atoms with van der Waals surface area (Å²) in [6.07, 6.45) is 3.45.